The third kappa shape index (κ3) is 3.77. The number of ketones is 1. The molecule has 1 rings (SSSR count). The molecule has 7 nitrogen and oxygen atoms in total. The topological polar surface area (TPSA) is 115 Å². The highest BCUT2D eigenvalue weighted by atomic mass is 16.6. The summed E-state index contributed by atoms with van der Waals surface area (Å²) < 4.78 is 4.40. The van der Waals surface area contributed by atoms with Gasteiger partial charge in [-0.15, -0.1) is 0 Å². The summed E-state index contributed by atoms with van der Waals surface area (Å²) in [4.78, 5) is 40.4. The van der Waals surface area contributed by atoms with Gasteiger partial charge in [-0.1, -0.05) is 13.8 Å². The summed E-state index contributed by atoms with van der Waals surface area (Å²) in [5, 5.41) is 0. The van der Waals surface area contributed by atoms with Crippen molar-refractivity contribution in [2.24, 2.45) is 11.7 Å². The number of H-pyrrole nitrogens is 1. The smallest absolute Gasteiger partial charge is 0.382 e. The van der Waals surface area contributed by atoms with Gasteiger partial charge in [0.05, 0.1) is 6.33 Å². The highest BCUT2D eigenvalue weighted by Gasteiger charge is 2.25. The molecule has 0 aliphatic heterocycles. The Morgan fingerprint density at radius 2 is 2.11 bits per heavy atom. The van der Waals surface area contributed by atoms with Gasteiger partial charge in [-0.25, -0.2) is 14.6 Å². The highest BCUT2D eigenvalue weighted by molar-refractivity contribution is 6.35. The molecule has 7 heteroatoms. The highest BCUT2D eigenvalue weighted by Crippen LogP contribution is 2.01. The van der Waals surface area contributed by atoms with Crippen molar-refractivity contribution >= 4 is 17.7 Å². The Balaban J connectivity index is 2.50. The van der Waals surface area contributed by atoms with E-state index in [1.807, 2.05) is 0 Å². The van der Waals surface area contributed by atoms with Crippen molar-refractivity contribution in [3.63, 3.8) is 0 Å². The lowest BCUT2D eigenvalue weighted by atomic mass is 10.1. The average Bonchev–Trinajstić information content (AvgIpc) is 2.80. The fraction of sp³-hybridized carbons (Fsp3) is 0.455. The predicted molar refractivity (Wildman–Crippen MR) is 61.2 cm³/mol. The molecule has 0 bridgehead atoms. The molecule has 0 spiro atoms. The van der Waals surface area contributed by atoms with Gasteiger partial charge in [0, 0.05) is 24.2 Å². The number of Topliss-reactive ketones (excluding diaryl/α,β-unsaturated/α-hetero) is 1. The second kappa shape index (κ2) is 6.06. The van der Waals surface area contributed by atoms with Gasteiger partial charge in [-0.2, -0.15) is 0 Å². The predicted octanol–water partition coefficient (Wildman–Crippen LogP) is -0.426. The van der Waals surface area contributed by atoms with Crippen LogP contribution in [0, 0.1) is 5.92 Å². The minimum absolute atomic E-state index is 0.155. The van der Waals surface area contributed by atoms with Crippen LogP contribution in [0.3, 0.4) is 0 Å². The third-order valence-corrected chi connectivity index (χ3v) is 2.22. The number of esters is 2. The Morgan fingerprint density at radius 1 is 1.44 bits per heavy atom. The molecule has 1 aromatic heterocycles. The standard InChI is InChI=1S/C11H15N3O4/c1-6(2)9(15)11(17)18-10(16)8(12)3-7-4-13-5-14-7/h4-6,8H,3,12H2,1-2H3,(H,13,14)/t8-/m0/s1. The lowest BCUT2D eigenvalue weighted by Crippen LogP contribution is -2.37. The molecule has 0 aliphatic rings. The first-order chi connectivity index (χ1) is 8.41. The maximum atomic E-state index is 11.5. The van der Waals surface area contributed by atoms with Crippen LogP contribution in [-0.4, -0.2) is 33.7 Å². The number of hydrogen-bond donors (Lipinski definition) is 2. The molecule has 0 fully saturated rings. The van der Waals surface area contributed by atoms with Crippen molar-refractivity contribution in [1.82, 2.24) is 9.97 Å². The second-order valence-electron chi connectivity index (χ2n) is 4.11. The van der Waals surface area contributed by atoms with E-state index in [9.17, 15) is 14.4 Å². The van der Waals surface area contributed by atoms with E-state index in [0.29, 0.717) is 5.69 Å². The molecule has 0 radical (unpaired) electrons. The van der Waals surface area contributed by atoms with Gasteiger partial charge in [-0.05, 0) is 0 Å². The van der Waals surface area contributed by atoms with Gasteiger partial charge in [0.2, 0.25) is 5.78 Å². The first-order valence-corrected chi connectivity index (χ1v) is 5.44. The van der Waals surface area contributed by atoms with Crippen molar-refractivity contribution in [3.05, 3.63) is 18.2 Å². The van der Waals surface area contributed by atoms with E-state index in [1.54, 1.807) is 13.8 Å². The van der Waals surface area contributed by atoms with Crippen LogP contribution in [0.4, 0.5) is 0 Å². The summed E-state index contributed by atoms with van der Waals surface area (Å²) in [5.41, 5.74) is 6.19. The molecular weight excluding hydrogens is 238 g/mol. The fourth-order valence-electron chi connectivity index (χ4n) is 1.17. The van der Waals surface area contributed by atoms with Crippen molar-refractivity contribution in [1.29, 1.82) is 0 Å². The van der Waals surface area contributed by atoms with E-state index in [4.69, 9.17) is 5.73 Å². The summed E-state index contributed by atoms with van der Waals surface area (Å²) in [6, 6.07) is -1.02. The Kier molecular flexibility index (Phi) is 4.73. The van der Waals surface area contributed by atoms with E-state index < -0.39 is 29.7 Å². The number of nitrogens with two attached hydrogens (primary N) is 1. The second-order valence-corrected chi connectivity index (χ2v) is 4.11. The molecule has 0 saturated heterocycles. The monoisotopic (exact) mass is 253 g/mol. The van der Waals surface area contributed by atoms with Crippen LogP contribution in [0.15, 0.2) is 12.5 Å². The van der Waals surface area contributed by atoms with Crippen LogP contribution >= 0.6 is 0 Å². The maximum absolute atomic E-state index is 11.5. The van der Waals surface area contributed by atoms with Gasteiger partial charge >= 0.3 is 11.9 Å². The zero-order valence-corrected chi connectivity index (χ0v) is 10.2. The van der Waals surface area contributed by atoms with E-state index in [1.165, 1.54) is 12.5 Å². The molecule has 1 atom stereocenters. The Hall–Kier alpha value is -2.02. The van der Waals surface area contributed by atoms with Crippen molar-refractivity contribution < 1.29 is 19.1 Å². The Bertz CT molecular complexity index is 439. The van der Waals surface area contributed by atoms with Crippen molar-refractivity contribution in [2.75, 3.05) is 0 Å². The quantitative estimate of drug-likeness (QED) is 0.418. The van der Waals surface area contributed by atoms with Crippen molar-refractivity contribution in [2.45, 2.75) is 26.3 Å². The minimum atomic E-state index is -1.17. The Labute approximate surface area is 104 Å². The number of aromatic amines is 1. The van der Waals surface area contributed by atoms with Gasteiger partial charge < -0.3 is 15.5 Å². The van der Waals surface area contributed by atoms with Crippen LogP contribution in [0.25, 0.3) is 0 Å². The van der Waals surface area contributed by atoms with E-state index in [-0.39, 0.29) is 6.42 Å². The van der Waals surface area contributed by atoms with Gasteiger partial charge in [-0.3, -0.25) is 4.79 Å². The average molecular weight is 253 g/mol. The van der Waals surface area contributed by atoms with E-state index in [2.05, 4.69) is 14.7 Å². The third-order valence-electron chi connectivity index (χ3n) is 2.22. The molecule has 0 aromatic carbocycles. The molecule has 98 valence electrons. The van der Waals surface area contributed by atoms with Crippen LogP contribution in [0.5, 0.6) is 0 Å². The molecule has 3 N–H and O–H groups in total. The number of hydrogen-bond acceptors (Lipinski definition) is 6. The summed E-state index contributed by atoms with van der Waals surface area (Å²) in [6.45, 7) is 3.08. The molecule has 0 amide bonds. The lowest BCUT2D eigenvalue weighted by molar-refractivity contribution is -0.165. The minimum Gasteiger partial charge on any atom is -0.386 e. The van der Waals surface area contributed by atoms with Crippen LogP contribution < -0.4 is 5.73 Å². The first kappa shape index (κ1) is 14.0. The van der Waals surface area contributed by atoms with Gasteiger partial charge in [0.25, 0.3) is 0 Å². The number of rotatable bonds is 5. The number of nitrogens with one attached hydrogen (secondary N) is 1. The van der Waals surface area contributed by atoms with Gasteiger partial charge in [0.1, 0.15) is 6.04 Å². The van der Waals surface area contributed by atoms with E-state index >= 15 is 0 Å². The Morgan fingerprint density at radius 3 is 2.61 bits per heavy atom. The molecule has 0 aliphatic carbocycles. The van der Waals surface area contributed by atoms with Crippen molar-refractivity contribution in [3.8, 4) is 0 Å². The number of aromatic nitrogens is 2. The van der Waals surface area contributed by atoms with E-state index in [0.717, 1.165) is 0 Å². The largest absolute Gasteiger partial charge is 0.386 e. The zero-order chi connectivity index (χ0) is 13.7. The summed E-state index contributed by atoms with van der Waals surface area (Å²) in [6.07, 6.45) is 3.11. The summed E-state index contributed by atoms with van der Waals surface area (Å²) >= 11 is 0. The molecule has 0 saturated carbocycles. The number of nitrogens with zero attached hydrogens (tertiary/aromatic N) is 1. The molecule has 0 unspecified atom stereocenters. The summed E-state index contributed by atoms with van der Waals surface area (Å²) in [5.74, 6) is -3.37. The SMILES string of the molecule is CC(C)C(=O)C(=O)OC(=O)[C@@H](N)Cc1cnc[nH]1. The molecule has 1 heterocycles. The normalized spacial score (nSPS) is 12.2. The summed E-state index contributed by atoms with van der Waals surface area (Å²) in [7, 11) is 0. The van der Waals surface area contributed by atoms with Crippen LogP contribution in [0.1, 0.15) is 19.5 Å². The number of carbonyl (C=O) groups is 3. The number of ether oxygens (including phenoxy) is 1. The lowest BCUT2D eigenvalue weighted by Gasteiger charge is -2.09. The molecular formula is C11H15N3O4. The first-order valence-electron chi connectivity index (χ1n) is 5.44. The molecule has 18 heavy (non-hydrogen) atoms. The fourth-order valence-corrected chi connectivity index (χ4v) is 1.17. The van der Waals surface area contributed by atoms with Gasteiger partial charge in [0.15, 0.2) is 0 Å². The zero-order valence-electron chi connectivity index (χ0n) is 10.2. The molecule has 1 aromatic rings. The maximum Gasteiger partial charge on any atom is 0.382 e. The van der Waals surface area contributed by atoms with Crippen LogP contribution in [-0.2, 0) is 25.5 Å². The number of imidazole rings is 1. The number of carbonyl (C=O) groups excluding carboxylic acids is 3. The van der Waals surface area contributed by atoms with Crippen LogP contribution in [0.2, 0.25) is 0 Å².